The molecule has 3 rings (SSSR count). The zero-order chi connectivity index (χ0) is 16.1. The van der Waals surface area contributed by atoms with Gasteiger partial charge in [-0.1, -0.05) is 60.7 Å². The van der Waals surface area contributed by atoms with Crippen molar-refractivity contribution in [3.8, 4) is 0 Å². The first-order chi connectivity index (χ1) is 11.2. The summed E-state index contributed by atoms with van der Waals surface area (Å²) < 4.78 is 17.3. The standard InChI is InChI=1S/C19H22O4/c1-14-17(21-12-15-8-4-2-5-9-15)18(19(20)23-14)22-13-16-10-6-3-7-11-16/h2-11,14,17-20H,12-13H2,1H3/t14-,17-,18-,19?/m1/s1. The topological polar surface area (TPSA) is 47.9 Å². The number of ether oxygens (including phenoxy) is 3. The monoisotopic (exact) mass is 314 g/mol. The minimum absolute atomic E-state index is 0.213. The maximum absolute atomic E-state index is 10.1. The van der Waals surface area contributed by atoms with Crippen LogP contribution in [0.15, 0.2) is 60.7 Å². The summed E-state index contributed by atoms with van der Waals surface area (Å²) in [6, 6.07) is 19.8. The third-order valence-electron chi connectivity index (χ3n) is 3.99. The lowest BCUT2D eigenvalue weighted by Crippen LogP contribution is -2.36. The summed E-state index contributed by atoms with van der Waals surface area (Å²) in [5.74, 6) is 0. The van der Waals surface area contributed by atoms with E-state index in [0.29, 0.717) is 13.2 Å². The van der Waals surface area contributed by atoms with Crippen LogP contribution in [0.3, 0.4) is 0 Å². The number of aliphatic hydroxyl groups excluding tert-OH is 1. The fourth-order valence-corrected chi connectivity index (χ4v) is 2.75. The smallest absolute Gasteiger partial charge is 0.184 e. The highest BCUT2D eigenvalue weighted by molar-refractivity contribution is 5.14. The number of hydrogen-bond donors (Lipinski definition) is 1. The molecule has 0 radical (unpaired) electrons. The molecule has 0 saturated carbocycles. The maximum Gasteiger partial charge on any atom is 0.184 e. The second-order valence-electron chi connectivity index (χ2n) is 5.75. The molecular weight excluding hydrogens is 292 g/mol. The van der Waals surface area contributed by atoms with Crippen molar-refractivity contribution >= 4 is 0 Å². The van der Waals surface area contributed by atoms with Crippen LogP contribution < -0.4 is 0 Å². The Balaban J connectivity index is 1.60. The van der Waals surface area contributed by atoms with Gasteiger partial charge in [-0.25, -0.2) is 0 Å². The van der Waals surface area contributed by atoms with Crippen LogP contribution in [0.5, 0.6) is 0 Å². The molecule has 4 nitrogen and oxygen atoms in total. The van der Waals surface area contributed by atoms with E-state index in [0.717, 1.165) is 11.1 Å². The molecule has 2 aromatic carbocycles. The third kappa shape index (κ3) is 4.18. The minimum atomic E-state index is -0.963. The fourth-order valence-electron chi connectivity index (χ4n) is 2.75. The van der Waals surface area contributed by atoms with Crippen molar-refractivity contribution < 1.29 is 19.3 Å². The van der Waals surface area contributed by atoms with E-state index in [9.17, 15) is 5.11 Å². The largest absolute Gasteiger partial charge is 0.368 e. The Kier molecular flexibility index (Phi) is 5.41. The number of benzene rings is 2. The van der Waals surface area contributed by atoms with Gasteiger partial charge in [0.05, 0.1) is 19.3 Å². The number of aliphatic hydroxyl groups is 1. The highest BCUT2D eigenvalue weighted by atomic mass is 16.7. The van der Waals surface area contributed by atoms with Gasteiger partial charge >= 0.3 is 0 Å². The van der Waals surface area contributed by atoms with Gasteiger partial charge in [-0.3, -0.25) is 0 Å². The van der Waals surface area contributed by atoms with Gasteiger partial charge in [0, 0.05) is 0 Å². The van der Waals surface area contributed by atoms with Gasteiger partial charge in [-0.2, -0.15) is 0 Å². The van der Waals surface area contributed by atoms with Gasteiger partial charge in [-0.05, 0) is 18.1 Å². The van der Waals surface area contributed by atoms with Crippen molar-refractivity contribution in [2.24, 2.45) is 0 Å². The SMILES string of the molecule is C[C@H]1OC(O)[C@H](OCc2ccccc2)[C@@H]1OCc1ccccc1. The lowest BCUT2D eigenvalue weighted by Gasteiger charge is -2.22. The molecule has 1 N–H and O–H groups in total. The van der Waals surface area contributed by atoms with E-state index in [4.69, 9.17) is 14.2 Å². The summed E-state index contributed by atoms with van der Waals surface area (Å²) in [6.07, 6.45) is -1.97. The molecular formula is C19H22O4. The lowest BCUT2D eigenvalue weighted by molar-refractivity contribution is -0.147. The van der Waals surface area contributed by atoms with Crippen molar-refractivity contribution in [1.29, 1.82) is 0 Å². The highest BCUT2D eigenvalue weighted by Crippen LogP contribution is 2.26. The van der Waals surface area contributed by atoms with Gasteiger partial charge in [0.15, 0.2) is 6.29 Å². The molecule has 1 aliphatic rings. The average Bonchev–Trinajstić information content (AvgIpc) is 2.86. The molecule has 1 heterocycles. The molecule has 1 saturated heterocycles. The Morgan fingerprint density at radius 2 is 1.30 bits per heavy atom. The quantitative estimate of drug-likeness (QED) is 0.890. The second kappa shape index (κ2) is 7.70. The van der Waals surface area contributed by atoms with Gasteiger partial charge in [-0.15, -0.1) is 0 Å². The van der Waals surface area contributed by atoms with Crippen LogP contribution in [0.4, 0.5) is 0 Å². The van der Waals surface area contributed by atoms with Crippen molar-refractivity contribution in [1.82, 2.24) is 0 Å². The molecule has 23 heavy (non-hydrogen) atoms. The predicted molar refractivity (Wildman–Crippen MR) is 86.6 cm³/mol. The second-order valence-corrected chi connectivity index (χ2v) is 5.75. The Hall–Kier alpha value is -1.72. The van der Waals surface area contributed by atoms with Crippen molar-refractivity contribution in [3.05, 3.63) is 71.8 Å². The van der Waals surface area contributed by atoms with Crippen LogP contribution in [0.25, 0.3) is 0 Å². The molecule has 0 aliphatic carbocycles. The van der Waals surface area contributed by atoms with E-state index in [1.165, 1.54) is 0 Å². The van der Waals surface area contributed by atoms with E-state index in [2.05, 4.69) is 0 Å². The summed E-state index contributed by atoms with van der Waals surface area (Å²) in [5, 5.41) is 10.1. The van der Waals surface area contributed by atoms with Crippen molar-refractivity contribution in [2.75, 3.05) is 0 Å². The molecule has 1 unspecified atom stereocenters. The summed E-state index contributed by atoms with van der Waals surface area (Å²) in [7, 11) is 0. The number of rotatable bonds is 6. The van der Waals surface area contributed by atoms with Crippen LogP contribution in [0.1, 0.15) is 18.1 Å². The van der Waals surface area contributed by atoms with E-state index in [1.54, 1.807) is 0 Å². The fraction of sp³-hybridized carbons (Fsp3) is 0.368. The molecule has 4 atom stereocenters. The Morgan fingerprint density at radius 3 is 1.83 bits per heavy atom. The van der Waals surface area contributed by atoms with Crippen LogP contribution in [-0.2, 0) is 27.4 Å². The van der Waals surface area contributed by atoms with E-state index < -0.39 is 12.4 Å². The molecule has 1 fully saturated rings. The first-order valence-electron chi connectivity index (χ1n) is 7.88. The third-order valence-corrected chi connectivity index (χ3v) is 3.99. The molecule has 4 heteroatoms. The first-order valence-corrected chi connectivity index (χ1v) is 7.88. The van der Waals surface area contributed by atoms with E-state index >= 15 is 0 Å². The summed E-state index contributed by atoms with van der Waals surface area (Å²) in [6.45, 7) is 2.78. The van der Waals surface area contributed by atoms with Crippen molar-refractivity contribution in [3.63, 3.8) is 0 Å². The average molecular weight is 314 g/mol. The van der Waals surface area contributed by atoms with Gasteiger partial charge in [0.2, 0.25) is 0 Å². The van der Waals surface area contributed by atoms with Gasteiger partial charge in [0.1, 0.15) is 12.2 Å². The minimum Gasteiger partial charge on any atom is -0.368 e. The Labute approximate surface area is 136 Å². The highest BCUT2D eigenvalue weighted by Gasteiger charge is 2.43. The van der Waals surface area contributed by atoms with Crippen LogP contribution in [0.2, 0.25) is 0 Å². The summed E-state index contributed by atoms with van der Waals surface area (Å²) in [5.41, 5.74) is 2.14. The molecule has 0 spiro atoms. The van der Waals surface area contributed by atoms with Gasteiger partial charge < -0.3 is 19.3 Å². The van der Waals surface area contributed by atoms with Crippen LogP contribution in [0, 0.1) is 0 Å². The van der Waals surface area contributed by atoms with E-state index in [-0.39, 0.29) is 12.2 Å². The Bertz CT molecular complexity index is 533. The maximum atomic E-state index is 10.1. The summed E-state index contributed by atoms with van der Waals surface area (Å²) in [4.78, 5) is 0. The molecule has 0 amide bonds. The molecule has 0 bridgehead atoms. The van der Waals surface area contributed by atoms with Crippen molar-refractivity contribution in [2.45, 2.75) is 44.7 Å². The molecule has 0 aromatic heterocycles. The first kappa shape index (κ1) is 16.1. The van der Waals surface area contributed by atoms with Gasteiger partial charge in [0.25, 0.3) is 0 Å². The zero-order valence-electron chi connectivity index (χ0n) is 13.2. The molecule has 1 aliphatic heterocycles. The van der Waals surface area contributed by atoms with Crippen LogP contribution in [-0.4, -0.2) is 29.7 Å². The Morgan fingerprint density at radius 1 is 0.826 bits per heavy atom. The predicted octanol–water partition coefficient (Wildman–Crippen LogP) is 2.89. The molecule has 122 valence electrons. The summed E-state index contributed by atoms with van der Waals surface area (Å²) >= 11 is 0. The number of hydrogen-bond acceptors (Lipinski definition) is 4. The van der Waals surface area contributed by atoms with E-state index in [1.807, 2.05) is 67.6 Å². The normalized spacial score (nSPS) is 27.2. The molecule has 2 aromatic rings. The van der Waals surface area contributed by atoms with Crippen LogP contribution >= 0.6 is 0 Å². The lowest BCUT2D eigenvalue weighted by atomic mass is 10.1. The zero-order valence-corrected chi connectivity index (χ0v) is 13.2.